The number of carbonyl (C=O) groups is 1. The van der Waals surface area contributed by atoms with Crippen LogP contribution in [0.25, 0.3) is 10.7 Å². The average Bonchev–Trinajstić information content (AvgIpc) is 2.70. The zero-order valence-corrected chi connectivity index (χ0v) is 7.86. The summed E-state index contributed by atoms with van der Waals surface area (Å²) in [5.74, 6) is -0.594. The molecule has 0 aliphatic carbocycles. The third-order valence-corrected chi connectivity index (χ3v) is 2.35. The molecule has 6 heteroatoms. The first-order valence-electron chi connectivity index (χ1n) is 3.79. The first-order valence-corrected chi connectivity index (χ1v) is 4.67. The van der Waals surface area contributed by atoms with Crippen LogP contribution >= 0.6 is 11.3 Å². The number of hydrogen-bond acceptors (Lipinski definition) is 5. The Bertz CT molecular complexity index is 454. The van der Waals surface area contributed by atoms with Crippen molar-refractivity contribution in [2.45, 2.75) is 0 Å². The summed E-state index contributed by atoms with van der Waals surface area (Å²) in [5.41, 5.74) is 5.75. The van der Waals surface area contributed by atoms with Crippen LogP contribution in [0.5, 0.6) is 0 Å². The van der Waals surface area contributed by atoms with Gasteiger partial charge in [-0.3, -0.25) is 4.79 Å². The lowest BCUT2D eigenvalue weighted by atomic mass is 10.3. The molecule has 0 saturated carbocycles. The van der Waals surface area contributed by atoms with Gasteiger partial charge in [-0.05, 0) is 0 Å². The van der Waals surface area contributed by atoms with Crippen LogP contribution in [0.1, 0.15) is 10.5 Å². The SMILES string of the molecule is NC(=O)c1nccnc1-c1nccs1. The van der Waals surface area contributed by atoms with Crippen LogP contribution in [0.3, 0.4) is 0 Å². The van der Waals surface area contributed by atoms with Crippen LogP contribution < -0.4 is 5.73 Å². The van der Waals surface area contributed by atoms with Gasteiger partial charge in [-0.25, -0.2) is 15.0 Å². The molecule has 5 nitrogen and oxygen atoms in total. The highest BCUT2D eigenvalue weighted by Gasteiger charge is 2.13. The first-order chi connectivity index (χ1) is 6.79. The summed E-state index contributed by atoms with van der Waals surface area (Å²) in [6, 6.07) is 0. The van der Waals surface area contributed by atoms with Gasteiger partial charge in [-0.15, -0.1) is 11.3 Å². The molecule has 0 atom stereocenters. The molecule has 14 heavy (non-hydrogen) atoms. The fraction of sp³-hybridized carbons (Fsp3) is 0. The maximum Gasteiger partial charge on any atom is 0.269 e. The van der Waals surface area contributed by atoms with Gasteiger partial charge in [0.2, 0.25) is 0 Å². The van der Waals surface area contributed by atoms with Crippen molar-refractivity contribution in [3.8, 4) is 10.7 Å². The van der Waals surface area contributed by atoms with Crippen molar-refractivity contribution in [2.24, 2.45) is 5.73 Å². The van der Waals surface area contributed by atoms with Crippen molar-refractivity contribution >= 4 is 17.2 Å². The fourth-order valence-corrected chi connectivity index (χ4v) is 1.65. The molecule has 1 amide bonds. The summed E-state index contributed by atoms with van der Waals surface area (Å²) < 4.78 is 0. The number of amides is 1. The van der Waals surface area contributed by atoms with Crippen molar-refractivity contribution < 1.29 is 4.79 Å². The van der Waals surface area contributed by atoms with E-state index in [-0.39, 0.29) is 5.69 Å². The standard InChI is InChI=1S/C8H6N4OS/c9-7(13)5-6(11-2-1-10-5)8-12-3-4-14-8/h1-4H,(H2,9,13). The van der Waals surface area contributed by atoms with Gasteiger partial charge < -0.3 is 5.73 Å². The molecule has 0 radical (unpaired) electrons. The topological polar surface area (TPSA) is 81.8 Å². The number of nitrogens with zero attached hydrogens (tertiary/aromatic N) is 3. The van der Waals surface area contributed by atoms with Gasteiger partial charge in [0.05, 0.1) is 0 Å². The summed E-state index contributed by atoms with van der Waals surface area (Å²) >= 11 is 1.39. The zero-order valence-electron chi connectivity index (χ0n) is 7.04. The minimum atomic E-state index is -0.594. The molecule has 0 fully saturated rings. The van der Waals surface area contributed by atoms with Crippen molar-refractivity contribution in [2.75, 3.05) is 0 Å². The molecule has 2 heterocycles. The van der Waals surface area contributed by atoms with Gasteiger partial charge in [0.25, 0.3) is 5.91 Å². The highest BCUT2D eigenvalue weighted by molar-refractivity contribution is 7.13. The van der Waals surface area contributed by atoms with E-state index < -0.39 is 5.91 Å². The highest BCUT2D eigenvalue weighted by atomic mass is 32.1. The zero-order chi connectivity index (χ0) is 9.97. The highest BCUT2D eigenvalue weighted by Crippen LogP contribution is 2.21. The summed E-state index contributed by atoms with van der Waals surface area (Å²) in [6.07, 6.45) is 4.57. The Morgan fingerprint density at radius 1 is 1.21 bits per heavy atom. The summed E-state index contributed by atoms with van der Waals surface area (Å²) in [7, 11) is 0. The molecule has 0 unspecified atom stereocenters. The molecule has 2 aromatic rings. The molecule has 0 aromatic carbocycles. The van der Waals surface area contributed by atoms with Crippen LogP contribution in [-0.4, -0.2) is 20.9 Å². The van der Waals surface area contributed by atoms with E-state index in [1.54, 1.807) is 11.6 Å². The van der Waals surface area contributed by atoms with Gasteiger partial charge in [0, 0.05) is 24.0 Å². The molecular weight excluding hydrogens is 200 g/mol. The fourth-order valence-electron chi connectivity index (χ4n) is 1.02. The minimum absolute atomic E-state index is 0.155. The molecule has 70 valence electrons. The van der Waals surface area contributed by atoms with E-state index >= 15 is 0 Å². The van der Waals surface area contributed by atoms with Crippen LogP contribution in [0.15, 0.2) is 24.0 Å². The maximum absolute atomic E-state index is 11.0. The van der Waals surface area contributed by atoms with E-state index in [0.29, 0.717) is 10.7 Å². The molecule has 2 rings (SSSR count). The normalized spacial score (nSPS) is 10.0. The second-order valence-corrected chi connectivity index (χ2v) is 3.35. The van der Waals surface area contributed by atoms with Gasteiger partial charge in [0.15, 0.2) is 5.69 Å². The molecule has 0 bridgehead atoms. The second kappa shape index (κ2) is 3.51. The van der Waals surface area contributed by atoms with Crippen molar-refractivity contribution in [1.82, 2.24) is 15.0 Å². The Morgan fingerprint density at radius 2 is 2.00 bits per heavy atom. The number of nitrogens with two attached hydrogens (primary N) is 1. The molecule has 2 N–H and O–H groups in total. The number of thiazole rings is 1. The Morgan fingerprint density at radius 3 is 2.64 bits per heavy atom. The van der Waals surface area contributed by atoms with E-state index in [2.05, 4.69) is 15.0 Å². The van der Waals surface area contributed by atoms with E-state index in [0.717, 1.165) is 0 Å². The summed E-state index contributed by atoms with van der Waals surface area (Å²) in [5, 5.41) is 2.45. The molecule has 0 aliphatic heterocycles. The Labute approximate surface area is 83.7 Å². The predicted octanol–water partition coefficient (Wildman–Crippen LogP) is 0.699. The van der Waals surface area contributed by atoms with Gasteiger partial charge in [0.1, 0.15) is 10.7 Å². The average molecular weight is 206 g/mol. The largest absolute Gasteiger partial charge is 0.364 e. The third-order valence-electron chi connectivity index (χ3n) is 1.57. The first kappa shape index (κ1) is 8.76. The van der Waals surface area contributed by atoms with Crippen molar-refractivity contribution in [1.29, 1.82) is 0 Å². The molecular formula is C8H6N4OS. The quantitative estimate of drug-likeness (QED) is 0.784. The van der Waals surface area contributed by atoms with Crippen LogP contribution in [0.2, 0.25) is 0 Å². The molecule has 2 aromatic heterocycles. The molecule has 0 aliphatic rings. The number of aromatic nitrogens is 3. The van der Waals surface area contributed by atoms with Gasteiger partial charge in [-0.2, -0.15) is 0 Å². The molecule has 0 spiro atoms. The van der Waals surface area contributed by atoms with E-state index in [4.69, 9.17) is 5.73 Å². The van der Waals surface area contributed by atoms with Crippen molar-refractivity contribution in [3.63, 3.8) is 0 Å². The summed E-state index contributed by atoms with van der Waals surface area (Å²) in [6.45, 7) is 0. The smallest absolute Gasteiger partial charge is 0.269 e. The number of primary amides is 1. The summed E-state index contributed by atoms with van der Waals surface area (Å²) in [4.78, 5) is 22.9. The van der Waals surface area contributed by atoms with E-state index in [1.165, 1.54) is 23.7 Å². The van der Waals surface area contributed by atoms with Gasteiger partial charge in [-0.1, -0.05) is 0 Å². The van der Waals surface area contributed by atoms with Crippen LogP contribution in [0, 0.1) is 0 Å². The van der Waals surface area contributed by atoms with Crippen LogP contribution in [0.4, 0.5) is 0 Å². The minimum Gasteiger partial charge on any atom is -0.364 e. The Kier molecular flexibility index (Phi) is 2.19. The van der Waals surface area contributed by atoms with E-state index in [9.17, 15) is 4.79 Å². The van der Waals surface area contributed by atoms with Crippen molar-refractivity contribution in [3.05, 3.63) is 29.7 Å². The Balaban J connectivity index is 2.58. The second-order valence-electron chi connectivity index (χ2n) is 2.46. The maximum atomic E-state index is 11.0. The predicted molar refractivity (Wildman–Crippen MR) is 51.7 cm³/mol. The Hall–Kier alpha value is -1.82. The lowest BCUT2D eigenvalue weighted by Crippen LogP contribution is -2.15. The molecule has 0 saturated heterocycles. The monoisotopic (exact) mass is 206 g/mol. The number of rotatable bonds is 2. The van der Waals surface area contributed by atoms with E-state index in [1.807, 2.05) is 0 Å². The lowest BCUT2D eigenvalue weighted by Gasteiger charge is -1.99. The lowest BCUT2D eigenvalue weighted by molar-refractivity contribution is 0.0996. The number of hydrogen-bond donors (Lipinski definition) is 1. The number of carbonyl (C=O) groups excluding carboxylic acids is 1. The van der Waals surface area contributed by atoms with Gasteiger partial charge >= 0.3 is 0 Å². The third kappa shape index (κ3) is 1.47. The van der Waals surface area contributed by atoms with Crippen LogP contribution in [-0.2, 0) is 0 Å².